The van der Waals surface area contributed by atoms with Crippen LogP contribution in [-0.2, 0) is 0 Å². The normalized spacial score (nSPS) is 13.8. The van der Waals surface area contributed by atoms with E-state index in [-0.39, 0.29) is 12.0 Å². The minimum absolute atomic E-state index is 0.222. The average molecular weight is 249 g/mol. The van der Waals surface area contributed by atoms with Crippen LogP contribution in [0.4, 0.5) is 5.95 Å². The highest BCUT2D eigenvalue weighted by molar-refractivity contribution is 5.36. The third-order valence-electron chi connectivity index (χ3n) is 2.66. The van der Waals surface area contributed by atoms with Crippen LogP contribution in [0.3, 0.4) is 0 Å². The van der Waals surface area contributed by atoms with E-state index in [1.807, 2.05) is 4.90 Å². The molecule has 0 radical (unpaired) electrons. The lowest BCUT2D eigenvalue weighted by Gasteiger charge is -2.21. The standard InChI is InChI=1S/C11H15N5O2/c1-17-10-13-9(14-11(15-10)18-2)16(7-3-6-12)8-4-5-8/h8H,3-5,7H2,1-2H3. The molecule has 0 saturated heterocycles. The van der Waals surface area contributed by atoms with Gasteiger partial charge in [-0.05, 0) is 12.8 Å². The van der Waals surface area contributed by atoms with E-state index in [0.717, 1.165) is 12.8 Å². The molecule has 1 aliphatic rings. The SMILES string of the molecule is COc1nc(OC)nc(N(CCC#N)C2CC2)n1. The van der Waals surface area contributed by atoms with Crippen molar-refractivity contribution in [2.45, 2.75) is 25.3 Å². The van der Waals surface area contributed by atoms with Gasteiger partial charge in [0.05, 0.1) is 26.7 Å². The number of hydrogen-bond acceptors (Lipinski definition) is 7. The highest BCUT2D eigenvalue weighted by Crippen LogP contribution is 2.30. The summed E-state index contributed by atoms with van der Waals surface area (Å²) in [6.45, 7) is 0.609. The van der Waals surface area contributed by atoms with Crippen LogP contribution in [0.15, 0.2) is 0 Å². The molecule has 7 nitrogen and oxygen atoms in total. The molecule has 1 saturated carbocycles. The molecule has 0 bridgehead atoms. The molecule has 18 heavy (non-hydrogen) atoms. The monoisotopic (exact) mass is 249 g/mol. The van der Waals surface area contributed by atoms with Gasteiger partial charge in [-0.1, -0.05) is 0 Å². The summed E-state index contributed by atoms with van der Waals surface area (Å²) >= 11 is 0. The minimum Gasteiger partial charge on any atom is -0.467 e. The number of nitriles is 1. The quantitative estimate of drug-likeness (QED) is 0.736. The van der Waals surface area contributed by atoms with Crippen LogP contribution in [0.5, 0.6) is 12.0 Å². The van der Waals surface area contributed by atoms with Gasteiger partial charge < -0.3 is 14.4 Å². The Morgan fingerprint density at radius 3 is 2.28 bits per heavy atom. The third-order valence-corrected chi connectivity index (χ3v) is 2.66. The maximum Gasteiger partial charge on any atom is 0.324 e. The predicted molar refractivity (Wildman–Crippen MR) is 63.5 cm³/mol. The van der Waals surface area contributed by atoms with Crippen molar-refractivity contribution in [3.8, 4) is 18.1 Å². The van der Waals surface area contributed by atoms with Gasteiger partial charge in [0.1, 0.15) is 0 Å². The maximum atomic E-state index is 8.69. The second kappa shape index (κ2) is 5.49. The maximum absolute atomic E-state index is 8.69. The Morgan fingerprint density at radius 2 is 1.83 bits per heavy atom. The first-order chi connectivity index (χ1) is 8.78. The molecule has 0 aromatic carbocycles. The van der Waals surface area contributed by atoms with E-state index in [1.165, 1.54) is 14.2 Å². The molecule has 96 valence electrons. The summed E-state index contributed by atoms with van der Waals surface area (Å²) in [6.07, 6.45) is 2.64. The number of rotatable bonds is 6. The summed E-state index contributed by atoms with van der Waals surface area (Å²) in [5.41, 5.74) is 0. The molecule has 2 rings (SSSR count). The lowest BCUT2D eigenvalue weighted by Crippen LogP contribution is -2.29. The molecule has 0 N–H and O–H groups in total. The van der Waals surface area contributed by atoms with Gasteiger partial charge >= 0.3 is 12.0 Å². The fourth-order valence-electron chi connectivity index (χ4n) is 1.64. The van der Waals surface area contributed by atoms with E-state index in [0.29, 0.717) is 25.0 Å². The Kier molecular flexibility index (Phi) is 3.77. The molecule has 0 aliphatic heterocycles. The number of anilines is 1. The molecule has 0 unspecified atom stereocenters. The van der Waals surface area contributed by atoms with Gasteiger partial charge in [-0.15, -0.1) is 4.98 Å². The van der Waals surface area contributed by atoms with Crippen molar-refractivity contribution in [2.24, 2.45) is 0 Å². The summed E-state index contributed by atoms with van der Waals surface area (Å²) in [7, 11) is 2.99. The number of methoxy groups -OCH3 is 2. The number of nitrogens with zero attached hydrogens (tertiary/aromatic N) is 5. The van der Waals surface area contributed by atoms with E-state index >= 15 is 0 Å². The Bertz CT molecular complexity index is 433. The molecule has 1 aromatic rings. The van der Waals surface area contributed by atoms with E-state index in [1.54, 1.807) is 0 Å². The first kappa shape index (κ1) is 12.4. The van der Waals surface area contributed by atoms with Crippen molar-refractivity contribution in [2.75, 3.05) is 25.7 Å². The predicted octanol–water partition coefficient (Wildman–Crippen LogP) is 0.771. The molecular weight excluding hydrogens is 234 g/mol. The second-order valence-electron chi connectivity index (χ2n) is 3.94. The Morgan fingerprint density at radius 1 is 1.22 bits per heavy atom. The highest BCUT2D eigenvalue weighted by Gasteiger charge is 2.31. The fourth-order valence-corrected chi connectivity index (χ4v) is 1.64. The first-order valence-corrected chi connectivity index (χ1v) is 5.76. The minimum atomic E-state index is 0.222. The smallest absolute Gasteiger partial charge is 0.324 e. The third kappa shape index (κ3) is 2.77. The van der Waals surface area contributed by atoms with E-state index in [4.69, 9.17) is 14.7 Å². The van der Waals surface area contributed by atoms with E-state index in [9.17, 15) is 0 Å². The van der Waals surface area contributed by atoms with Gasteiger partial charge in [-0.3, -0.25) is 0 Å². The van der Waals surface area contributed by atoms with Crippen molar-refractivity contribution in [3.63, 3.8) is 0 Å². The van der Waals surface area contributed by atoms with Gasteiger partial charge in [0, 0.05) is 12.6 Å². The molecule has 7 heteroatoms. The Balaban J connectivity index is 2.25. The van der Waals surface area contributed by atoms with Gasteiger partial charge in [-0.2, -0.15) is 15.2 Å². The highest BCUT2D eigenvalue weighted by atomic mass is 16.5. The van der Waals surface area contributed by atoms with Crippen molar-refractivity contribution in [1.82, 2.24) is 15.0 Å². The zero-order valence-corrected chi connectivity index (χ0v) is 10.5. The summed E-state index contributed by atoms with van der Waals surface area (Å²) in [6, 6.07) is 2.99. The van der Waals surface area contributed by atoms with Crippen LogP contribution >= 0.6 is 0 Å². The summed E-state index contributed by atoms with van der Waals surface area (Å²) < 4.78 is 10.0. The van der Waals surface area contributed by atoms with Crippen LogP contribution in [-0.4, -0.2) is 41.8 Å². The average Bonchev–Trinajstić information content (AvgIpc) is 3.23. The molecule has 0 atom stereocenters. The lowest BCUT2D eigenvalue weighted by molar-refractivity contribution is 0.339. The topological polar surface area (TPSA) is 84.2 Å². The van der Waals surface area contributed by atoms with Crippen molar-refractivity contribution in [1.29, 1.82) is 5.26 Å². The van der Waals surface area contributed by atoms with Crippen LogP contribution in [0.25, 0.3) is 0 Å². The summed E-state index contributed by atoms with van der Waals surface area (Å²) in [5, 5.41) is 8.69. The van der Waals surface area contributed by atoms with Crippen molar-refractivity contribution < 1.29 is 9.47 Å². The molecule has 0 amide bonds. The van der Waals surface area contributed by atoms with Crippen LogP contribution in [0.1, 0.15) is 19.3 Å². The zero-order chi connectivity index (χ0) is 13.0. The first-order valence-electron chi connectivity index (χ1n) is 5.76. The number of ether oxygens (including phenoxy) is 2. The molecular formula is C11H15N5O2. The molecule has 1 aromatic heterocycles. The van der Waals surface area contributed by atoms with Crippen molar-refractivity contribution in [3.05, 3.63) is 0 Å². The largest absolute Gasteiger partial charge is 0.467 e. The second-order valence-corrected chi connectivity index (χ2v) is 3.94. The van der Waals surface area contributed by atoms with Gasteiger partial charge in [0.25, 0.3) is 0 Å². The van der Waals surface area contributed by atoms with Crippen LogP contribution < -0.4 is 14.4 Å². The molecule has 1 heterocycles. The fraction of sp³-hybridized carbons (Fsp3) is 0.636. The van der Waals surface area contributed by atoms with Crippen molar-refractivity contribution >= 4 is 5.95 Å². The zero-order valence-electron chi connectivity index (χ0n) is 10.5. The number of hydrogen-bond donors (Lipinski definition) is 0. The Hall–Kier alpha value is -2.10. The summed E-state index contributed by atoms with van der Waals surface area (Å²) in [4.78, 5) is 14.4. The van der Waals surface area contributed by atoms with Crippen LogP contribution in [0, 0.1) is 11.3 Å². The van der Waals surface area contributed by atoms with Gasteiger partial charge in [0.15, 0.2) is 0 Å². The molecule has 1 fully saturated rings. The Labute approximate surface area is 105 Å². The van der Waals surface area contributed by atoms with E-state index < -0.39 is 0 Å². The van der Waals surface area contributed by atoms with E-state index in [2.05, 4.69) is 21.0 Å². The number of aromatic nitrogens is 3. The molecule has 1 aliphatic carbocycles. The van der Waals surface area contributed by atoms with Gasteiger partial charge in [0.2, 0.25) is 5.95 Å². The van der Waals surface area contributed by atoms with Gasteiger partial charge in [-0.25, -0.2) is 0 Å². The molecule has 0 spiro atoms. The van der Waals surface area contributed by atoms with Crippen LogP contribution in [0.2, 0.25) is 0 Å². The summed E-state index contributed by atoms with van der Waals surface area (Å²) in [5.74, 6) is 0.511. The lowest BCUT2D eigenvalue weighted by atomic mass is 10.4.